The Balaban J connectivity index is 1.35. The van der Waals surface area contributed by atoms with Crippen LogP contribution in [-0.4, -0.2) is 41.3 Å². The molecule has 1 aliphatic heterocycles. The second-order valence-electron chi connectivity index (χ2n) is 7.23. The highest BCUT2D eigenvalue weighted by atomic mass is 127. The van der Waals surface area contributed by atoms with Crippen LogP contribution in [0.3, 0.4) is 0 Å². The summed E-state index contributed by atoms with van der Waals surface area (Å²) >= 11 is 3.62. The molecule has 0 atom stereocenters. The number of benzene rings is 2. The number of fused-ring (bicyclic) bond motifs is 1. The zero-order chi connectivity index (χ0) is 21.9. The number of aromatic nitrogens is 3. The third-order valence-corrected chi connectivity index (χ3v) is 6.93. The molecule has 0 saturated carbocycles. The minimum absolute atomic E-state index is 0.207. The minimum Gasteiger partial charge on any atom is -0.378 e. The van der Waals surface area contributed by atoms with Crippen molar-refractivity contribution in [2.24, 2.45) is 0 Å². The van der Waals surface area contributed by atoms with Gasteiger partial charge in [0.05, 0.1) is 13.2 Å². The first-order valence-corrected chi connectivity index (χ1v) is 12.5. The molecule has 0 aliphatic carbocycles. The van der Waals surface area contributed by atoms with Crippen LogP contribution in [0, 0.1) is 5.82 Å². The maximum absolute atomic E-state index is 13.8. The van der Waals surface area contributed by atoms with Gasteiger partial charge in [0.2, 0.25) is 0 Å². The van der Waals surface area contributed by atoms with E-state index >= 15 is 0 Å². The highest BCUT2D eigenvalue weighted by Gasteiger charge is 2.13. The summed E-state index contributed by atoms with van der Waals surface area (Å²) in [4.78, 5) is 15.6. The van der Waals surface area contributed by atoms with Crippen molar-refractivity contribution >= 4 is 72.3 Å². The molecular weight excluding hydrogens is 542 g/mol. The molecule has 164 valence electrons. The molecule has 2 aromatic heterocycles. The van der Waals surface area contributed by atoms with Gasteiger partial charge in [0.15, 0.2) is 16.6 Å². The van der Waals surface area contributed by atoms with E-state index in [1.807, 2.05) is 12.1 Å². The van der Waals surface area contributed by atoms with Crippen LogP contribution in [-0.2, 0) is 9.16 Å². The van der Waals surface area contributed by atoms with E-state index in [9.17, 15) is 4.39 Å². The smallest absolute Gasteiger partial charge is 0.189 e. The van der Waals surface area contributed by atoms with Gasteiger partial charge in [-0.25, -0.2) is 14.4 Å². The molecule has 1 fully saturated rings. The van der Waals surface area contributed by atoms with Crippen molar-refractivity contribution < 1.29 is 9.13 Å². The molecule has 2 aromatic carbocycles. The van der Waals surface area contributed by atoms with E-state index in [0.717, 1.165) is 47.5 Å². The Labute approximate surface area is 202 Å². The first-order chi connectivity index (χ1) is 15.7. The van der Waals surface area contributed by atoms with Crippen LogP contribution in [0.4, 0.5) is 32.4 Å². The maximum atomic E-state index is 13.8. The summed E-state index contributed by atoms with van der Waals surface area (Å²) in [7, 11) is 0. The molecule has 5 rings (SSSR count). The SMILES string of the molecule is Fc1ccc(Nc2ncnc3nc(Nc4ccc(N5CCOCC5)cc4)sc23)cc1CI. The number of rotatable bonds is 6. The van der Waals surface area contributed by atoms with Crippen LogP contribution in [0.25, 0.3) is 10.3 Å². The molecule has 0 amide bonds. The molecule has 0 bridgehead atoms. The Bertz CT molecular complexity index is 1230. The van der Waals surface area contributed by atoms with Crippen LogP contribution in [0.5, 0.6) is 0 Å². The normalized spacial score (nSPS) is 14.0. The van der Waals surface area contributed by atoms with E-state index < -0.39 is 0 Å². The average molecular weight is 562 g/mol. The Morgan fingerprint density at radius 2 is 1.81 bits per heavy atom. The van der Waals surface area contributed by atoms with E-state index in [-0.39, 0.29) is 5.82 Å². The van der Waals surface area contributed by atoms with Gasteiger partial charge < -0.3 is 20.3 Å². The highest BCUT2D eigenvalue weighted by molar-refractivity contribution is 14.1. The van der Waals surface area contributed by atoms with Gasteiger partial charge in [0.25, 0.3) is 0 Å². The molecule has 1 saturated heterocycles. The van der Waals surface area contributed by atoms with Crippen LogP contribution in [0.1, 0.15) is 5.56 Å². The van der Waals surface area contributed by atoms with Gasteiger partial charge >= 0.3 is 0 Å². The number of anilines is 5. The topological polar surface area (TPSA) is 75.2 Å². The number of nitrogens with one attached hydrogen (secondary N) is 2. The van der Waals surface area contributed by atoms with Gasteiger partial charge in [-0.1, -0.05) is 33.9 Å². The van der Waals surface area contributed by atoms with Gasteiger partial charge in [-0.2, -0.15) is 4.98 Å². The maximum Gasteiger partial charge on any atom is 0.189 e. The summed E-state index contributed by atoms with van der Waals surface area (Å²) in [6, 6.07) is 13.3. The van der Waals surface area contributed by atoms with Gasteiger partial charge in [0.1, 0.15) is 16.8 Å². The van der Waals surface area contributed by atoms with Crippen LogP contribution in [0.2, 0.25) is 0 Å². The Kier molecular flexibility index (Phi) is 6.32. The summed E-state index contributed by atoms with van der Waals surface area (Å²) in [5, 5.41) is 7.37. The molecule has 1 aliphatic rings. The largest absolute Gasteiger partial charge is 0.378 e. The molecule has 0 unspecified atom stereocenters. The fraction of sp³-hybridized carbons (Fsp3) is 0.227. The molecule has 10 heteroatoms. The predicted octanol–water partition coefficient (Wildman–Crippen LogP) is 5.48. The zero-order valence-electron chi connectivity index (χ0n) is 17.0. The third-order valence-electron chi connectivity index (χ3n) is 5.14. The molecule has 32 heavy (non-hydrogen) atoms. The summed E-state index contributed by atoms with van der Waals surface area (Å²) in [5.74, 6) is 0.441. The number of hydrogen-bond donors (Lipinski definition) is 2. The number of thiazole rings is 1. The molecule has 7 nitrogen and oxygen atoms in total. The lowest BCUT2D eigenvalue weighted by molar-refractivity contribution is 0.122. The number of morpholine rings is 1. The number of nitrogens with zero attached hydrogens (tertiary/aromatic N) is 4. The number of ether oxygens (including phenoxy) is 1. The Morgan fingerprint density at radius 3 is 2.59 bits per heavy atom. The third kappa shape index (κ3) is 4.62. The van der Waals surface area contributed by atoms with Crippen molar-refractivity contribution in [2.75, 3.05) is 41.8 Å². The monoisotopic (exact) mass is 562 g/mol. The standard InChI is InChI=1S/C22H20FIN6OS/c23-18-6-3-16(11-14(18)12-24)27-20-19-21(26-13-25-20)29-22(32-19)28-15-1-4-17(5-2-15)30-7-9-31-10-8-30/h1-6,11,13H,7-10,12H2,(H2,25,26,27,28,29). The number of halogens is 2. The minimum atomic E-state index is -0.207. The molecule has 2 N–H and O–H groups in total. The predicted molar refractivity (Wildman–Crippen MR) is 135 cm³/mol. The summed E-state index contributed by atoms with van der Waals surface area (Å²) in [6.07, 6.45) is 1.48. The first-order valence-electron chi connectivity index (χ1n) is 10.1. The fourth-order valence-corrected chi connectivity index (χ4v) is 4.96. The Morgan fingerprint density at radius 1 is 1.03 bits per heavy atom. The van der Waals surface area contributed by atoms with Gasteiger partial charge in [-0.3, -0.25) is 0 Å². The quantitative estimate of drug-likeness (QED) is 0.238. The first kappa shape index (κ1) is 21.3. The van der Waals surface area contributed by atoms with E-state index in [4.69, 9.17) is 4.74 Å². The second-order valence-corrected chi connectivity index (χ2v) is 8.99. The van der Waals surface area contributed by atoms with Gasteiger partial charge in [-0.15, -0.1) is 0 Å². The molecule has 3 heterocycles. The van der Waals surface area contributed by atoms with Crippen molar-refractivity contribution in [2.45, 2.75) is 4.43 Å². The lowest BCUT2D eigenvalue weighted by atomic mass is 10.2. The molecule has 0 radical (unpaired) electrons. The van der Waals surface area contributed by atoms with Gasteiger partial charge in [-0.05, 0) is 48.0 Å². The number of alkyl halides is 1. The fourth-order valence-electron chi connectivity index (χ4n) is 3.49. The van der Waals surface area contributed by atoms with E-state index in [0.29, 0.717) is 21.5 Å². The zero-order valence-corrected chi connectivity index (χ0v) is 20.0. The molecule has 0 spiro atoms. The van der Waals surface area contributed by atoms with Crippen molar-refractivity contribution in [1.82, 2.24) is 15.0 Å². The van der Waals surface area contributed by atoms with Crippen LogP contribution < -0.4 is 15.5 Å². The van der Waals surface area contributed by atoms with Crippen molar-refractivity contribution in [1.29, 1.82) is 0 Å². The van der Waals surface area contributed by atoms with Crippen molar-refractivity contribution in [3.63, 3.8) is 0 Å². The van der Waals surface area contributed by atoms with E-state index in [2.05, 4.69) is 65.2 Å². The number of hydrogen-bond acceptors (Lipinski definition) is 8. The molecular formula is C22H20FIN6OS. The van der Waals surface area contributed by atoms with Crippen molar-refractivity contribution in [3.8, 4) is 0 Å². The van der Waals surface area contributed by atoms with Gasteiger partial charge in [0, 0.05) is 34.6 Å². The van der Waals surface area contributed by atoms with E-state index in [1.165, 1.54) is 29.4 Å². The van der Waals surface area contributed by atoms with Crippen LogP contribution in [0.15, 0.2) is 48.8 Å². The van der Waals surface area contributed by atoms with E-state index in [1.54, 1.807) is 12.1 Å². The second kappa shape index (κ2) is 9.51. The Hall–Kier alpha value is -2.57. The summed E-state index contributed by atoms with van der Waals surface area (Å²) < 4.78 is 20.7. The van der Waals surface area contributed by atoms with Crippen molar-refractivity contribution in [3.05, 3.63) is 60.2 Å². The van der Waals surface area contributed by atoms with Crippen LogP contribution >= 0.6 is 33.9 Å². The molecule has 4 aromatic rings. The lowest BCUT2D eigenvalue weighted by Crippen LogP contribution is -2.36. The average Bonchev–Trinajstić information content (AvgIpc) is 3.25. The lowest BCUT2D eigenvalue weighted by Gasteiger charge is -2.28. The summed E-state index contributed by atoms with van der Waals surface area (Å²) in [6.45, 7) is 3.35. The summed E-state index contributed by atoms with van der Waals surface area (Å²) in [5.41, 5.74) is 4.17. The highest BCUT2D eigenvalue weighted by Crippen LogP contribution is 2.33.